The molecular formula is C10H14FN3O. The van der Waals surface area contributed by atoms with Crippen LogP contribution < -0.4 is 11.1 Å². The Morgan fingerprint density at radius 1 is 1.73 bits per heavy atom. The SMILES string of the molecule is CC(CC(N)=O)NCc1ncccc1F. The van der Waals surface area contributed by atoms with Crippen molar-refractivity contribution in [2.24, 2.45) is 5.73 Å². The highest BCUT2D eigenvalue weighted by Crippen LogP contribution is 2.02. The molecule has 0 aliphatic heterocycles. The first-order valence-electron chi connectivity index (χ1n) is 4.70. The Morgan fingerprint density at radius 2 is 2.47 bits per heavy atom. The van der Waals surface area contributed by atoms with Gasteiger partial charge in [0.1, 0.15) is 5.82 Å². The molecule has 1 rings (SSSR count). The molecule has 3 N–H and O–H groups in total. The van der Waals surface area contributed by atoms with Crippen LogP contribution in [0.5, 0.6) is 0 Å². The molecule has 15 heavy (non-hydrogen) atoms. The molecular weight excluding hydrogens is 197 g/mol. The van der Waals surface area contributed by atoms with Crippen LogP contribution in [0.2, 0.25) is 0 Å². The van der Waals surface area contributed by atoms with Gasteiger partial charge in [-0.05, 0) is 19.1 Å². The van der Waals surface area contributed by atoms with Gasteiger partial charge < -0.3 is 11.1 Å². The molecule has 1 unspecified atom stereocenters. The lowest BCUT2D eigenvalue weighted by molar-refractivity contribution is -0.118. The number of nitrogens with two attached hydrogens (primary N) is 1. The number of amides is 1. The molecule has 0 aliphatic carbocycles. The summed E-state index contributed by atoms with van der Waals surface area (Å²) in [5, 5.41) is 2.97. The Morgan fingerprint density at radius 3 is 3.07 bits per heavy atom. The van der Waals surface area contributed by atoms with E-state index in [2.05, 4.69) is 10.3 Å². The fraction of sp³-hybridized carbons (Fsp3) is 0.400. The minimum Gasteiger partial charge on any atom is -0.370 e. The van der Waals surface area contributed by atoms with E-state index >= 15 is 0 Å². The predicted molar refractivity (Wildman–Crippen MR) is 54.3 cm³/mol. The quantitative estimate of drug-likeness (QED) is 0.748. The summed E-state index contributed by atoms with van der Waals surface area (Å²) < 4.78 is 13.1. The molecule has 0 saturated carbocycles. The largest absolute Gasteiger partial charge is 0.370 e. The van der Waals surface area contributed by atoms with Crippen molar-refractivity contribution in [3.8, 4) is 0 Å². The number of rotatable bonds is 5. The van der Waals surface area contributed by atoms with Crippen LogP contribution >= 0.6 is 0 Å². The lowest BCUT2D eigenvalue weighted by atomic mass is 10.2. The number of hydrogen-bond donors (Lipinski definition) is 2. The fourth-order valence-corrected chi connectivity index (χ4v) is 1.19. The van der Waals surface area contributed by atoms with Gasteiger partial charge in [-0.25, -0.2) is 4.39 Å². The van der Waals surface area contributed by atoms with Crippen LogP contribution in [0.1, 0.15) is 19.0 Å². The summed E-state index contributed by atoms with van der Waals surface area (Å²) in [5.74, 6) is -0.729. The Hall–Kier alpha value is -1.49. The first-order chi connectivity index (χ1) is 7.09. The molecule has 0 aromatic carbocycles. The number of aromatic nitrogens is 1. The monoisotopic (exact) mass is 211 g/mol. The molecule has 1 aromatic rings. The first kappa shape index (κ1) is 11.6. The maximum Gasteiger partial charge on any atom is 0.218 e. The van der Waals surface area contributed by atoms with Crippen molar-refractivity contribution in [3.63, 3.8) is 0 Å². The zero-order chi connectivity index (χ0) is 11.3. The molecule has 0 bridgehead atoms. The van der Waals surface area contributed by atoms with Crippen molar-refractivity contribution in [2.45, 2.75) is 25.9 Å². The van der Waals surface area contributed by atoms with Gasteiger partial charge in [0.2, 0.25) is 5.91 Å². The lowest BCUT2D eigenvalue weighted by Crippen LogP contribution is -2.31. The average molecular weight is 211 g/mol. The van der Waals surface area contributed by atoms with Crippen LogP contribution in [-0.4, -0.2) is 16.9 Å². The summed E-state index contributed by atoms with van der Waals surface area (Å²) in [5.41, 5.74) is 5.37. The number of carbonyl (C=O) groups excluding carboxylic acids is 1. The normalized spacial score (nSPS) is 12.4. The van der Waals surface area contributed by atoms with Gasteiger partial charge in [0, 0.05) is 25.2 Å². The zero-order valence-electron chi connectivity index (χ0n) is 8.53. The van der Waals surface area contributed by atoms with Crippen LogP contribution in [-0.2, 0) is 11.3 Å². The zero-order valence-corrected chi connectivity index (χ0v) is 8.53. The van der Waals surface area contributed by atoms with Crippen LogP contribution in [0.3, 0.4) is 0 Å². The summed E-state index contributed by atoms with van der Waals surface area (Å²) >= 11 is 0. The number of pyridine rings is 1. The van der Waals surface area contributed by atoms with Crippen molar-refractivity contribution in [3.05, 3.63) is 29.8 Å². The van der Waals surface area contributed by atoms with E-state index in [1.807, 2.05) is 6.92 Å². The van der Waals surface area contributed by atoms with Crippen LogP contribution in [0.25, 0.3) is 0 Å². The second-order valence-electron chi connectivity index (χ2n) is 3.38. The smallest absolute Gasteiger partial charge is 0.218 e. The van der Waals surface area contributed by atoms with Gasteiger partial charge in [0.15, 0.2) is 0 Å². The summed E-state index contributed by atoms with van der Waals surface area (Å²) in [6, 6.07) is 2.80. The molecule has 1 atom stereocenters. The predicted octanol–water partition coefficient (Wildman–Crippen LogP) is 0.574. The molecule has 0 saturated heterocycles. The maximum absolute atomic E-state index is 13.1. The van der Waals surface area contributed by atoms with Crippen molar-refractivity contribution in [1.29, 1.82) is 0 Å². The fourth-order valence-electron chi connectivity index (χ4n) is 1.19. The average Bonchev–Trinajstić information content (AvgIpc) is 2.15. The number of nitrogens with one attached hydrogen (secondary N) is 1. The number of primary amides is 1. The topological polar surface area (TPSA) is 68.0 Å². The van der Waals surface area contributed by atoms with Crippen molar-refractivity contribution < 1.29 is 9.18 Å². The van der Waals surface area contributed by atoms with E-state index in [-0.39, 0.29) is 24.2 Å². The Bertz CT molecular complexity index is 343. The van der Waals surface area contributed by atoms with Gasteiger partial charge in [-0.3, -0.25) is 9.78 Å². The minimum atomic E-state index is -0.378. The number of hydrogen-bond acceptors (Lipinski definition) is 3. The van der Waals surface area contributed by atoms with Crippen LogP contribution in [0.4, 0.5) is 4.39 Å². The number of nitrogens with zero attached hydrogens (tertiary/aromatic N) is 1. The molecule has 0 fully saturated rings. The Kier molecular flexibility index (Phi) is 4.17. The summed E-state index contributed by atoms with van der Waals surface area (Å²) in [6.45, 7) is 2.10. The second-order valence-corrected chi connectivity index (χ2v) is 3.38. The van der Waals surface area contributed by atoms with E-state index in [4.69, 9.17) is 5.73 Å². The molecule has 82 valence electrons. The van der Waals surface area contributed by atoms with Crippen LogP contribution in [0.15, 0.2) is 18.3 Å². The van der Waals surface area contributed by atoms with Crippen molar-refractivity contribution in [2.75, 3.05) is 0 Å². The molecule has 1 aromatic heterocycles. The molecule has 0 aliphatic rings. The van der Waals surface area contributed by atoms with Gasteiger partial charge in [0.25, 0.3) is 0 Å². The third kappa shape index (κ3) is 4.03. The van der Waals surface area contributed by atoms with Gasteiger partial charge in [-0.1, -0.05) is 0 Å². The van der Waals surface area contributed by atoms with E-state index in [0.29, 0.717) is 12.2 Å². The number of carbonyl (C=O) groups is 1. The number of halogens is 1. The van der Waals surface area contributed by atoms with Gasteiger partial charge in [-0.15, -0.1) is 0 Å². The van der Waals surface area contributed by atoms with E-state index < -0.39 is 0 Å². The summed E-state index contributed by atoms with van der Waals surface area (Å²) in [4.78, 5) is 14.5. The Balaban J connectivity index is 2.43. The molecule has 1 amide bonds. The highest BCUT2D eigenvalue weighted by molar-refractivity contribution is 5.74. The van der Waals surface area contributed by atoms with Crippen molar-refractivity contribution >= 4 is 5.91 Å². The molecule has 5 heteroatoms. The van der Waals surface area contributed by atoms with Gasteiger partial charge >= 0.3 is 0 Å². The van der Waals surface area contributed by atoms with Crippen LogP contribution in [0, 0.1) is 5.82 Å². The molecule has 4 nitrogen and oxygen atoms in total. The van der Waals surface area contributed by atoms with Gasteiger partial charge in [-0.2, -0.15) is 0 Å². The molecule has 0 radical (unpaired) electrons. The maximum atomic E-state index is 13.1. The summed E-state index contributed by atoms with van der Waals surface area (Å²) in [6.07, 6.45) is 1.76. The van der Waals surface area contributed by atoms with E-state index in [1.54, 1.807) is 0 Å². The highest BCUT2D eigenvalue weighted by Gasteiger charge is 2.07. The van der Waals surface area contributed by atoms with Gasteiger partial charge in [0.05, 0.1) is 5.69 Å². The highest BCUT2D eigenvalue weighted by atomic mass is 19.1. The van der Waals surface area contributed by atoms with E-state index in [9.17, 15) is 9.18 Å². The summed E-state index contributed by atoms with van der Waals surface area (Å²) in [7, 11) is 0. The van der Waals surface area contributed by atoms with E-state index in [0.717, 1.165) is 0 Å². The minimum absolute atomic E-state index is 0.0797. The third-order valence-corrected chi connectivity index (χ3v) is 1.96. The second kappa shape index (κ2) is 5.41. The van der Waals surface area contributed by atoms with Crippen molar-refractivity contribution in [1.82, 2.24) is 10.3 Å². The molecule has 0 spiro atoms. The Labute approximate surface area is 87.7 Å². The third-order valence-electron chi connectivity index (χ3n) is 1.96. The molecule has 1 heterocycles. The van der Waals surface area contributed by atoms with E-state index in [1.165, 1.54) is 18.3 Å². The first-order valence-corrected chi connectivity index (χ1v) is 4.70. The lowest BCUT2D eigenvalue weighted by Gasteiger charge is -2.11. The standard InChI is InChI=1S/C10H14FN3O/c1-7(5-10(12)15)14-6-9-8(11)3-2-4-13-9/h2-4,7,14H,5-6H2,1H3,(H2,12,15).